The smallest absolute Gasteiger partial charge is 0.410 e. The lowest BCUT2D eigenvalue weighted by molar-refractivity contribution is 0.0516. The van der Waals surface area contributed by atoms with Gasteiger partial charge in [-0.3, -0.25) is 9.36 Å². The SMILES string of the molecule is COc1ccc(-n2ccc(OC3CCN(C(=O)OC(C)C)CC3)cc2=O)cc1. The van der Waals surface area contributed by atoms with Gasteiger partial charge in [-0.1, -0.05) is 0 Å². The third kappa shape index (κ3) is 4.85. The summed E-state index contributed by atoms with van der Waals surface area (Å²) in [6.45, 7) is 4.84. The van der Waals surface area contributed by atoms with Gasteiger partial charge in [0.15, 0.2) is 0 Å². The van der Waals surface area contributed by atoms with Crippen LogP contribution in [0, 0.1) is 0 Å². The van der Waals surface area contributed by atoms with Crippen molar-refractivity contribution in [3.8, 4) is 17.2 Å². The van der Waals surface area contributed by atoms with E-state index in [1.165, 1.54) is 6.07 Å². The molecule has 0 saturated carbocycles. The molecular weight excluding hydrogens is 360 g/mol. The number of hydrogen-bond acceptors (Lipinski definition) is 5. The molecule has 1 aliphatic heterocycles. The van der Waals surface area contributed by atoms with Gasteiger partial charge in [-0.05, 0) is 44.2 Å². The van der Waals surface area contributed by atoms with E-state index in [0.717, 1.165) is 11.4 Å². The Balaban J connectivity index is 1.59. The molecule has 3 rings (SSSR count). The minimum Gasteiger partial charge on any atom is -0.497 e. The molecule has 1 fully saturated rings. The molecule has 0 atom stereocenters. The van der Waals surface area contributed by atoms with Gasteiger partial charge in [0.05, 0.1) is 13.2 Å². The highest BCUT2D eigenvalue weighted by molar-refractivity contribution is 5.67. The second-order valence-corrected chi connectivity index (χ2v) is 7.01. The van der Waals surface area contributed by atoms with E-state index in [1.54, 1.807) is 28.8 Å². The average molecular weight is 386 g/mol. The Morgan fingerprint density at radius 2 is 1.75 bits per heavy atom. The number of amides is 1. The van der Waals surface area contributed by atoms with Crippen molar-refractivity contribution in [1.82, 2.24) is 9.47 Å². The first-order chi connectivity index (χ1) is 13.5. The van der Waals surface area contributed by atoms with E-state index in [1.807, 2.05) is 38.1 Å². The third-order valence-corrected chi connectivity index (χ3v) is 4.58. The van der Waals surface area contributed by atoms with E-state index in [4.69, 9.17) is 14.2 Å². The van der Waals surface area contributed by atoms with Crippen LogP contribution in [0.4, 0.5) is 4.79 Å². The van der Waals surface area contributed by atoms with Gasteiger partial charge in [0, 0.05) is 43.9 Å². The lowest BCUT2D eigenvalue weighted by atomic mass is 10.1. The third-order valence-electron chi connectivity index (χ3n) is 4.58. The lowest BCUT2D eigenvalue weighted by Gasteiger charge is -2.32. The minimum atomic E-state index is -0.282. The van der Waals surface area contributed by atoms with Gasteiger partial charge in [0.2, 0.25) is 0 Å². The molecule has 0 spiro atoms. The first kappa shape index (κ1) is 19.8. The van der Waals surface area contributed by atoms with Gasteiger partial charge >= 0.3 is 6.09 Å². The van der Waals surface area contributed by atoms with Gasteiger partial charge in [-0.25, -0.2) is 4.79 Å². The van der Waals surface area contributed by atoms with Crippen molar-refractivity contribution in [2.75, 3.05) is 20.2 Å². The van der Waals surface area contributed by atoms with E-state index in [-0.39, 0.29) is 23.9 Å². The van der Waals surface area contributed by atoms with Crippen molar-refractivity contribution in [1.29, 1.82) is 0 Å². The molecule has 1 amide bonds. The zero-order chi connectivity index (χ0) is 20.1. The number of piperidine rings is 1. The van der Waals surface area contributed by atoms with Gasteiger partial charge < -0.3 is 19.1 Å². The molecule has 1 aliphatic rings. The second-order valence-electron chi connectivity index (χ2n) is 7.01. The molecular formula is C21H26N2O5. The van der Waals surface area contributed by atoms with E-state index in [0.29, 0.717) is 31.7 Å². The largest absolute Gasteiger partial charge is 0.497 e. The Hall–Kier alpha value is -2.96. The molecule has 0 unspecified atom stereocenters. The van der Waals surface area contributed by atoms with Crippen LogP contribution in [0.1, 0.15) is 26.7 Å². The number of pyridine rings is 1. The zero-order valence-electron chi connectivity index (χ0n) is 16.5. The highest BCUT2D eigenvalue weighted by Gasteiger charge is 2.25. The van der Waals surface area contributed by atoms with Crippen LogP contribution in [0.2, 0.25) is 0 Å². The summed E-state index contributed by atoms with van der Waals surface area (Å²) in [4.78, 5) is 26.1. The van der Waals surface area contributed by atoms with Crippen LogP contribution >= 0.6 is 0 Å². The number of nitrogens with zero attached hydrogens (tertiary/aromatic N) is 2. The summed E-state index contributed by atoms with van der Waals surface area (Å²) >= 11 is 0. The van der Waals surface area contributed by atoms with Gasteiger partial charge in [-0.15, -0.1) is 0 Å². The molecule has 0 radical (unpaired) electrons. The normalized spacial score (nSPS) is 14.8. The highest BCUT2D eigenvalue weighted by atomic mass is 16.6. The maximum Gasteiger partial charge on any atom is 0.410 e. The summed E-state index contributed by atoms with van der Waals surface area (Å²) in [5.74, 6) is 1.28. The number of hydrogen-bond donors (Lipinski definition) is 0. The Morgan fingerprint density at radius 3 is 2.32 bits per heavy atom. The maximum atomic E-state index is 12.5. The van der Waals surface area contributed by atoms with Crippen LogP contribution in [0.25, 0.3) is 5.69 Å². The fourth-order valence-electron chi connectivity index (χ4n) is 3.12. The number of ether oxygens (including phenoxy) is 3. The monoisotopic (exact) mass is 386 g/mol. The minimum absolute atomic E-state index is 0.0284. The van der Waals surface area contributed by atoms with E-state index in [2.05, 4.69) is 0 Å². The molecule has 7 nitrogen and oxygen atoms in total. The van der Waals surface area contributed by atoms with Crippen LogP contribution in [-0.2, 0) is 4.74 Å². The van der Waals surface area contributed by atoms with Crippen molar-refractivity contribution in [2.24, 2.45) is 0 Å². The first-order valence-electron chi connectivity index (χ1n) is 9.45. The van der Waals surface area contributed by atoms with Crippen molar-refractivity contribution in [3.63, 3.8) is 0 Å². The predicted molar refractivity (Wildman–Crippen MR) is 105 cm³/mol. The van der Waals surface area contributed by atoms with Crippen LogP contribution in [0.5, 0.6) is 11.5 Å². The zero-order valence-corrected chi connectivity index (χ0v) is 16.5. The molecule has 7 heteroatoms. The van der Waals surface area contributed by atoms with E-state index >= 15 is 0 Å². The Kier molecular flexibility index (Phi) is 6.23. The van der Waals surface area contributed by atoms with E-state index < -0.39 is 0 Å². The predicted octanol–water partition coefficient (Wildman–Crippen LogP) is 3.23. The molecule has 1 saturated heterocycles. The summed E-state index contributed by atoms with van der Waals surface area (Å²) in [5.41, 5.74) is 0.593. The number of carbonyl (C=O) groups excluding carboxylic acids is 1. The summed E-state index contributed by atoms with van der Waals surface area (Å²) in [6.07, 6.45) is 2.67. The lowest BCUT2D eigenvalue weighted by Crippen LogP contribution is -2.42. The van der Waals surface area contributed by atoms with Crippen molar-refractivity contribution < 1.29 is 19.0 Å². The molecule has 2 aromatic rings. The maximum absolute atomic E-state index is 12.5. The quantitative estimate of drug-likeness (QED) is 0.789. The fourth-order valence-corrected chi connectivity index (χ4v) is 3.12. The molecule has 150 valence electrons. The van der Waals surface area contributed by atoms with Crippen molar-refractivity contribution >= 4 is 6.09 Å². The molecule has 1 aromatic carbocycles. The Labute approximate surface area is 164 Å². The fraction of sp³-hybridized carbons (Fsp3) is 0.429. The van der Waals surface area contributed by atoms with Crippen molar-refractivity contribution in [3.05, 3.63) is 52.9 Å². The first-order valence-corrected chi connectivity index (χ1v) is 9.45. The molecule has 0 N–H and O–H groups in total. The van der Waals surface area contributed by atoms with Crippen molar-refractivity contribution in [2.45, 2.75) is 38.9 Å². The molecule has 2 heterocycles. The number of methoxy groups -OCH3 is 1. The van der Waals surface area contributed by atoms with E-state index in [9.17, 15) is 9.59 Å². The molecule has 1 aromatic heterocycles. The summed E-state index contributed by atoms with van der Waals surface area (Å²) < 4.78 is 17.9. The topological polar surface area (TPSA) is 70.0 Å². The van der Waals surface area contributed by atoms with Gasteiger partial charge in [0.25, 0.3) is 5.56 Å². The Morgan fingerprint density at radius 1 is 1.07 bits per heavy atom. The summed E-state index contributed by atoms with van der Waals surface area (Å²) in [5, 5.41) is 0. The van der Waals surface area contributed by atoms with Crippen LogP contribution < -0.4 is 15.0 Å². The number of rotatable bonds is 5. The van der Waals surface area contributed by atoms with Crippen LogP contribution in [0.15, 0.2) is 47.4 Å². The standard InChI is InChI=1S/C21H26N2O5/c1-15(2)27-21(25)22-11-8-18(9-12-22)28-19-10-13-23(20(24)14-19)16-4-6-17(26-3)7-5-16/h4-7,10,13-15,18H,8-9,11-12H2,1-3H3. The second kappa shape index (κ2) is 8.82. The Bertz CT molecular complexity index is 852. The van der Waals surface area contributed by atoms with Gasteiger partial charge in [-0.2, -0.15) is 0 Å². The van der Waals surface area contributed by atoms with Crippen LogP contribution in [-0.4, -0.2) is 48.0 Å². The number of aromatic nitrogens is 1. The molecule has 28 heavy (non-hydrogen) atoms. The highest BCUT2D eigenvalue weighted by Crippen LogP contribution is 2.20. The molecule has 0 aliphatic carbocycles. The van der Waals surface area contributed by atoms with Crippen LogP contribution in [0.3, 0.4) is 0 Å². The molecule has 0 bridgehead atoms. The number of carbonyl (C=O) groups is 1. The van der Waals surface area contributed by atoms with Gasteiger partial charge in [0.1, 0.15) is 17.6 Å². The summed E-state index contributed by atoms with van der Waals surface area (Å²) in [7, 11) is 1.60. The average Bonchev–Trinajstić information content (AvgIpc) is 2.68. The number of benzene rings is 1. The number of likely N-dealkylation sites (tertiary alicyclic amines) is 1. The summed E-state index contributed by atoms with van der Waals surface area (Å²) in [6, 6.07) is 10.5.